The molecule has 0 N–H and O–H groups in total. The molecule has 0 radical (unpaired) electrons. The minimum Gasteiger partial charge on any atom is -0.454 e. The van der Waals surface area contributed by atoms with E-state index >= 15 is 0 Å². The number of nitrogens with zero attached hydrogens (tertiary/aromatic N) is 4. The molecule has 3 heterocycles. The van der Waals surface area contributed by atoms with Crippen molar-refractivity contribution in [1.82, 2.24) is 14.3 Å². The average Bonchev–Trinajstić information content (AvgIpc) is 3.38. The first kappa shape index (κ1) is 20.1. The van der Waals surface area contributed by atoms with Gasteiger partial charge in [0.15, 0.2) is 11.5 Å². The Labute approximate surface area is 189 Å². The summed E-state index contributed by atoms with van der Waals surface area (Å²) in [5.41, 5.74) is 1.75. The maximum absolute atomic E-state index is 13.0. The highest BCUT2D eigenvalue weighted by Crippen LogP contribution is 2.33. The van der Waals surface area contributed by atoms with Crippen LogP contribution in [-0.4, -0.2) is 53.1 Å². The fraction of sp³-hybridized carbons (Fsp3) is 0.318. The van der Waals surface area contributed by atoms with E-state index in [0.717, 1.165) is 41.1 Å². The highest BCUT2D eigenvalue weighted by atomic mass is 35.5. The molecular formula is C22H21ClN4O3S. The van der Waals surface area contributed by atoms with Gasteiger partial charge in [0.1, 0.15) is 5.82 Å². The van der Waals surface area contributed by atoms with Crippen LogP contribution in [0.5, 0.6) is 11.5 Å². The number of hydrogen-bond donors (Lipinski definition) is 0. The topological polar surface area (TPSA) is 67.8 Å². The van der Waals surface area contributed by atoms with E-state index in [1.807, 2.05) is 29.2 Å². The number of ether oxygens (including phenoxy) is 2. The van der Waals surface area contributed by atoms with Gasteiger partial charge in [0.25, 0.3) is 5.91 Å². The van der Waals surface area contributed by atoms with Gasteiger partial charge in [-0.15, -0.1) is 0 Å². The Morgan fingerprint density at radius 1 is 1.03 bits per heavy atom. The molecule has 7 nitrogen and oxygen atoms in total. The van der Waals surface area contributed by atoms with E-state index in [2.05, 4.69) is 9.27 Å². The Balaban J connectivity index is 1.22. The summed E-state index contributed by atoms with van der Waals surface area (Å²) in [5, 5.41) is 1.63. The number of rotatable bonds is 4. The van der Waals surface area contributed by atoms with Crippen LogP contribution in [0.4, 0.5) is 5.13 Å². The van der Waals surface area contributed by atoms with E-state index in [4.69, 9.17) is 26.1 Å². The molecular weight excluding hydrogens is 436 g/mol. The number of benzene rings is 2. The molecule has 0 bridgehead atoms. The van der Waals surface area contributed by atoms with Crippen LogP contribution in [0.25, 0.3) is 0 Å². The van der Waals surface area contributed by atoms with Gasteiger partial charge in [-0.25, -0.2) is 4.98 Å². The number of carbonyl (C=O) groups is 1. The van der Waals surface area contributed by atoms with Gasteiger partial charge in [0, 0.05) is 54.7 Å². The van der Waals surface area contributed by atoms with Crippen molar-refractivity contribution in [3.8, 4) is 11.5 Å². The molecule has 5 rings (SSSR count). The Bertz CT molecular complexity index is 1090. The van der Waals surface area contributed by atoms with Crippen LogP contribution < -0.4 is 14.4 Å². The van der Waals surface area contributed by atoms with Gasteiger partial charge >= 0.3 is 0 Å². The number of halogens is 1. The molecule has 1 amide bonds. The summed E-state index contributed by atoms with van der Waals surface area (Å²) in [4.78, 5) is 21.8. The molecule has 0 atom stereocenters. The number of aromatic nitrogens is 2. The van der Waals surface area contributed by atoms with Crippen LogP contribution in [0, 0.1) is 0 Å². The molecule has 2 aliphatic rings. The third-order valence-corrected chi connectivity index (χ3v) is 6.47. The van der Waals surface area contributed by atoms with Crippen LogP contribution in [0.3, 0.4) is 0 Å². The fourth-order valence-corrected chi connectivity index (χ4v) is 4.62. The van der Waals surface area contributed by atoms with Crippen LogP contribution in [0.15, 0.2) is 42.5 Å². The maximum atomic E-state index is 13.0. The smallest absolute Gasteiger partial charge is 0.254 e. The van der Waals surface area contributed by atoms with Crippen molar-refractivity contribution in [2.45, 2.75) is 12.8 Å². The van der Waals surface area contributed by atoms with Gasteiger partial charge in [-0.2, -0.15) is 4.37 Å². The van der Waals surface area contributed by atoms with E-state index in [1.165, 1.54) is 11.5 Å². The lowest BCUT2D eigenvalue weighted by molar-refractivity contribution is 0.0766. The monoisotopic (exact) mass is 456 g/mol. The molecule has 31 heavy (non-hydrogen) atoms. The van der Waals surface area contributed by atoms with Crippen molar-refractivity contribution >= 4 is 34.2 Å². The SMILES string of the molecule is O=C(c1ccc2c(c1)OCO2)N1CCCN(c2nc(Cc3ccc(Cl)cc3)ns2)CC1. The van der Waals surface area contributed by atoms with Crippen LogP contribution >= 0.6 is 23.1 Å². The summed E-state index contributed by atoms with van der Waals surface area (Å²) in [5.74, 6) is 2.13. The van der Waals surface area contributed by atoms with Gasteiger partial charge in [0.2, 0.25) is 11.9 Å². The maximum Gasteiger partial charge on any atom is 0.254 e. The summed E-state index contributed by atoms with van der Waals surface area (Å²) >= 11 is 7.37. The zero-order chi connectivity index (χ0) is 21.2. The predicted octanol–water partition coefficient (Wildman–Crippen LogP) is 3.86. The second-order valence-corrected chi connectivity index (χ2v) is 8.66. The molecule has 2 aliphatic heterocycles. The van der Waals surface area contributed by atoms with Crippen LogP contribution in [0.1, 0.15) is 28.2 Å². The van der Waals surface area contributed by atoms with Gasteiger partial charge in [-0.05, 0) is 42.3 Å². The average molecular weight is 457 g/mol. The largest absolute Gasteiger partial charge is 0.454 e. The Morgan fingerprint density at radius 3 is 2.74 bits per heavy atom. The molecule has 1 aromatic heterocycles. The minimum absolute atomic E-state index is 0.0147. The Hall–Kier alpha value is -2.84. The summed E-state index contributed by atoms with van der Waals surface area (Å²) in [6, 6.07) is 13.1. The summed E-state index contributed by atoms with van der Waals surface area (Å²) < 4.78 is 15.3. The third-order valence-electron chi connectivity index (χ3n) is 5.41. The Morgan fingerprint density at radius 2 is 1.87 bits per heavy atom. The van der Waals surface area contributed by atoms with Crippen molar-refractivity contribution < 1.29 is 14.3 Å². The summed E-state index contributed by atoms with van der Waals surface area (Å²) in [7, 11) is 0. The standard InChI is InChI=1S/C22H21ClN4O3S/c23-17-5-2-15(3-6-17)12-20-24-22(31-25-20)27-9-1-8-26(10-11-27)21(28)16-4-7-18-19(13-16)30-14-29-18/h2-7,13H,1,8-12,14H2. The molecule has 9 heteroatoms. The van der Waals surface area contributed by atoms with Crippen LogP contribution in [-0.2, 0) is 6.42 Å². The van der Waals surface area contributed by atoms with Crippen molar-refractivity contribution in [2.24, 2.45) is 0 Å². The highest BCUT2D eigenvalue weighted by Gasteiger charge is 2.24. The second kappa shape index (κ2) is 8.72. The van der Waals surface area contributed by atoms with Crippen molar-refractivity contribution in [3.05, 3.63) is 64.4 Å². The molecule has 0 aliphatic carbocycles. The molecule has 0 saturated carbocycles. The highest BCUT2D eigenvalue weighted by molar-refractivity contribution is 7.09. The number of amides is 1. The summed E-state index contributed by atoms with van der Waals surface area (Å²) in [6.07, 6.45) is 1.55. The lowest BCUT2D eigenvalue weighted by Gasteiger charge is -2.21. The lowest BCUT2D eigenvalue weighted by atomic mass is 10.1. The summed E-state index contributed by atoms with van der Waals surface area (Å²) in [6.45, 7) is 3.12. The van der Waals surface area contributed by atoms with E-state index in [-0.39, 0.29) is 12.7 Å². The minimum atomic E-state index is 0.0147. The zero-order valence-corrected chi connectivity index (χ0v) is 18.4. The van der Waals surface area contributed by atoms with Crippen molar-refractivity contribution in [1.29, 1.82) is 0 Å². The van der Waals surface area contributed by atoms with Gasteiger partial charge in [-0.3, -0.25) is 4.79 Å². The van der Waals surface area contributed by atoms with E-state index in [0.29, 0.717) is 36.6 Å². The van der Waals surface area contributed by atoms with E-state index in [1.54, 1.807) is 18.2 Å². The molecule has 1 fully saturated rings. The lowest BCUT2D eigenvalue weighted by Crippen LogP contribution is -2.35. The van der Waals surface area contributed by atoms with Gasteiger partial charge in [0.05, 0.1) is 0 Å². The second-order valence-electron chi connectivity index (χ2n) is 7.50. The molecule has 160 valence electrons. The van der Waals surface area contributed by atoms with Crippen molar-refractivity contribution in [2.75, 3.05) is 37.9 Å². The molecule has 3 aromatic rings. The first-order valence-corrected chi connectivity index (χ1v) is 11.3. The van der Waals surface area contributed by atoms with Crippen LogP contribution in [0.2, 0.25) is 5.02 Å². The van der Waals surface area contributed by atoms with E-state index in [9.17, 15) is 4.79 Å². The quantitative estimate of drug-likeness (QED) is 0.593. The third kappa shape index (κ3) is 4.45. The number of carbonyl (C=O) groups excluding carboxylic acids is 1. The zero-order valence-electron chi connectivity index (χ0n) is 16.8. The van der Waals surface area contributed by atoms with E-state index < -0.39 is 0 Å². The van der Waals surface area contributed by atoms with Gasteiger partial charge in [-0.1, -0.05) is 23.7 Å². The molecule has 0 spiro atoms. The van der Waals surface area contributed by atoms with Gasteiger partial charge < -0.3 is 19.3 Å². The first-order valence-electron chi connectivity index (χ1n) is 10.2. The number of anilines is 1. The molecule has 0 unspecified atom stereocenters. The van der Waals surface area contributed by atoms with Crippen molar-refractivity contribution in [3.63, 3.8) is 0 Å². The normalized spacial score (nSPS) is 15.8. The first-order chi connectivity index (χ1) is 15.2. The number of hydrogen-bond acceptors (Lipinski definition) is 7. The molecule has 1 saturated heterocycles. The molecule has 2 aromatic carbocycles. The predicted molar refractivity (Wildman–Crippen MR) is 119 cm³/mol. The Kier molecular flexibility index (Phi) is 5.65. The number of fused-ring (bicyclic) bond motifs is 1. The fourth-order valence-electron chi connectivity index (χ4n) is 3.75.